The van der Waals surface area contributed by atoms with Crippen molar-refractivity contribution < 1.29 is 29.4 Å². The van der Waals surface area contributed by atoms with Crippen molar-refractivity contribution in [1.29, 1.82) is 0 Å². The number of carboxylic acids is 1. The molecule has 0 aliphatic rings. The number of rotatable bonds is 15. The lowest BCUT2D eigenvalue weighted by Crippen LogP contribution is -2.57. The molecule has 10 N–H and O–H groups in total. The minimum Gasteiger partial charge on any atom is -0.508 e. The van der Waals surface area contributed by atoms with Crippen molar-refractivity contribution in [3.05, 3.63) is 65.7 Å². The summed E-state index contributed by atoms with van der Waals surface area (Å²) >= 11 is 0. The van der Waals surface area contributed by atoms with Crippen LogP contribution < -0.4 is 27.8 Å². The fourth-order valence-electron chi connectivity index (χ4n) is 3.90. The highest BCUT2D eigenvalue weighted by Crippen LogP contribution is 2.12. The number of guanidine groups is 1. The highest BCUT2D eigenvalue weighted by Gasteiger charge is 2.30. The molecular weight excluding hydrogens is 518 g/mol. The van der Waals surface area contributed by atoms with Crippen LogP contribution >= 0.6 is 0 Å². The van der Waals surface area contributed by atoms with E-state index in [0.717, 1.165) is 10.5 Å². The second-order valence-electron chi connectivity index (χ2n) is 9.33. The van der Waals surface area contributed by atoms with E-state index in [2.05, 4.69) is 15.6 Å². The van der Waals surface area contributed by atoms with Gasteiger partial charge in [-0.2, -0.15) is 0 Å². The standard InChI is InChI=1S/C27H37N7O6/c1-34(16-23(36)37)26(40)22(15-17-6-3-2-4-7-17)33-25(39)21(8-5-13-31-27(29)30)32-24(38)20(28)14-18-9-11-19(35)12-10-18/h2-4,6-7,9-12,20-22,35H,5,8,13-16,28H2,1H3,(H,32,38)(H,33,39)(H,36,37)(H4,29,30,31)/t20-,21-,22+/m1/s1. The van der Waals surface area contributed by atoms with E-state index in [1.807, 2.05) is 0 Å². The van der Waals surface area contributed by atoms with Crippen LogP contribution in [0, 0.1) is 0 Å². The number of carbonyl (C=O) groups is 4. The van der Waals surface area contributed by atoms with Gasteiger partial charge in [-0.25, -0.2) is 0 Å². The lowest BCUT2D eigenvalue weighted by atomic mass is 10.0. The number of aliphatic imine (C=N–C) groups is 1. The van der Waals surface area contributed by atoms with Crippen LogP contribution in [0.5, 0.6) is 5.75 Å². The van der Waals surface area contributed by atoms with E-state index in [9.17, 15) is 24.3 Å². The fraction of sp³-hybridized carbons (Fsp3) is 0.370. The molecule has 0 saturated carbocycles. The number of likely N-dealkylation sites (N-methyl/N-ethyl adjacent to an activating group) is 1. The molecule has 0 aliphatic carbocycles. The third-order valence-electron chi connectivity index (χ3n) is 5.95. The Morgan fingerprint density at radius 2 is 1.50 bits per heavy atom. The van der Waals surface area contributed by atoms with E-state index >= 15 is 0 Å². The lowest BCUT2D eigenvalue weighted by molar-refractivity contribution is -0.145. The number of nitrogens with two attached hydrogens (primary N) is 3. The maximum atomic E-state index is 13.4. The van der Waals surface area contributed by atoms with Crippen LogP contribution in [0.25, 0.3) is 0 Å². The number of phenols is 1. The molecule has 3 amide bonds. The summed E-state index contributed by atoms with van der Waals surface area (Å²) in [5, 5.41) is 23.9. The number of phenolic OH excluding ortho intramolecular Hbond substituents is 1. The van der Waals surface area contributed by atoms with Gasteiger partial charge in [0.2, 0.25) is 17.7 Å². The quantitative estimate of drug-likeness (QED) is 0.0817. The van der Waals surface area contributed by atoms with Gasteiger partial charge in [0.25, 0.3) is 0 Å². The maximum Gasteiger partial charge on any atom is 0.323 e. The van der Waals surface area contributed by atoms with Gasteiger partial charge in [0, 0.05) is 20.0 Å². The molecule has 40 heavy (non-hydrogen) atoms. The summed E-state index contributed by atoms with van der Waals surface area (Å²) in [5.41, 5.74) is 18.3. The molecule has 0 spiro atoms. The fourth-order valence-corrected chi connectivity index (χ4v) is 3.90. The number of hydrogen-bond acceptors (Lipinski definition) is 7. The Bertz CT molecular complexity index is 1170. The highest BCUT2D eigenvalue weighted by molar-refractivity contribution is 5.93. The number of carbonyl (C=O) groups excluding carboxylic acids is 3. The molecule has 216 valence electrons. The normalized spacial score (nSPS) is 12.8. The number of amides is 3. The summed E-state index contributed by atoms with van der Waals surface area (Å²) in [5.74, 6) is -3.08. The Hall–Kier alpha value is -4.65. The van der Waals surface area contributed by atoms with Gasteiger partial charge in [0.1, 0.15) is 24.4 Å². The van der Waals surface area contributed by atoms with E-state index in [1.165, 1.54) is 19.2 Å². The van der Waals surface area contributed by atoms with Gasteiger partial charge in [-0.05, 0) is 42.5 Å². The van der Waals surface area contributed by atoms with Gasteiger partial charge in [-0.15, -0.1) is 0 Å². The molecule has 3 atom stereocenters. The smallest absolute Gasteiger partial charge is 0.323 e. The number of benzene rings is 2. The molecule has 2 aromatic carbocycles. The number of nitrogens with one attached hydrogen (secondary N) is 2. The Morgan fingerprint density at radius 3 is 2.10 bits per heavy atom. The Kier molecular flexibility index (Phi) is 12.4. The van der Waals surface area contributed by atoms with Gasteiger partial charge in [-0.1, -0.05) is 42.5 Å². The average Bonchev–Trinajstić information content (AvgIpc) is 2.90. The van der Waals surface area contributed by atoms with Crippen LogP contribution in [-0.4, -0.2) is 83.0 Å². The summed E-state index contributed by atoms with van der Waals surface area (Å²) in [6.07, 6.45) is 0.727. The second kappa shape index (κ2) is 15.7. The summed E-state index contributed by atoms with van der Waals surface area (Å²) in [6.45, 7) is -0.347. The largest absolute Gasteiger partial charge is 0.508 e. The third kappa shape index (κ3) is 11.0. The van der Waals surface area contributed by atoms with Crippen LogP contribution in [0.3, 0.4) is 0 Å². The molecule has 0 heterocycles. The van der Waals surface area contributed by atoms with Gasteiger partial charge >= 0.3 is 5.97 Å². The first-order chi connectivity index (χ1) is 19.0. The Balaban J connectivity index is 2.20. The zero-order chi connectivity index (χ0) is 29.7. The molecule has 0 fully saturated rings. The van der Waals surface area contributed by atoms with Crippen molar-refractivity contribution in [1.82, 2.24) is 15.5 Å². The van der Waals surface area contributed by atoms with Gasteiger partial charge in [0.05, 0.1) is 6.04 Å². The number of carboxylic acid groups (broad SMARTS) is 1. The van der Waals surface area contributed by atoms with Crippen LogP contribution in [0.2, 0.25) is 0 Å². The number of aromatic hydroxyl groups is 1. The van der Waals surface area contributed by atoms with Crippen LogP contribution in [0.15, 0.2) is 59.6 Å². The molecule has 13 heteroatoms. The molecule has 0 aliphatic heterocycles. The molecular formula is C27H37N7O6. The van der Waals surface area contributed by atoms with Crippen molar-refractivity contribution >= 4 is 29.7 Å². The van der Waals surface area contributed by atoms with Crippen molar-refractivity contribution in [3.8, 4) is 5.75 Å². The molecule has 0 bridgehead atoms. The molecule has 0 saturated heterocycles. The second-order valence-corrected chi connectivity index (χ2v) is 9.33. The van der Waals surface area contributed by atoms with Crippen molar-refractivity contribution in [3.63, 3.8) is 0 Å². The molecule has 0 radical (unpaired) electrons. The van der Waals surface area contributed by atoms with Crippen molar-refractivity contribution in [2.24, 2.45) is 22.2 Å². The summed E-state index contributed by atoms with van der Waals surface area (Å²) in [6, 6.07) is 12.0. The number of hydrogen-bond donors (Lipinski definition) is 7. The predicted octanol–water partition coefficient (Wildman–Crippen LogP) is -0.929. The third-order valence-corrected chi connectivity index (χ3v) is 5.95. The molecule has 2 rings (SSSR count). The maximum absolute atomic E-state index is 13.4. The van der Waals surface area contributed by atoms with E-state index in [-0.39, 0.29) is 37.5 Å². The zero-order valence-electron chi connectivity index (χ0n) is 22.3. The minimum atomic E-state index is -1.20. The first-order valence-corrected chi connectivity index (χ1v) is 12.7. The van der Waals surface area contributed by atoms with Crippen LogP contribution in [0.4, 0.5) is 0 Å². The number of aliphatic carboxylic acids is 1. The van der Waals surface area contributed by atoms with Crippen molar-refractivity contribution in [2.45, 2.75) is 43.8 Å². The van der Waals surface area contributed by atoms with E-state index in [4.69, 9.17) is 22.3 Å². The summed E-state index contributed by atoms with van der Waals surface area (Å²) in [7, 11) is 1.33. The topological polar surface area (TPSA) is 226 Å². The lowest BCUT2D eigenvalue weighted by Gasteiger charge is -2.26. The SMILES string of the molecule is CN(CC(=O)O)C(=O)[C@H](Cc1ccccc1)NC(=O)[C@@H](CCCN=C(N)N)NC(=O)[C@H](N)Cc1ccc(O)cc1. The Morgan fingerprint density at radius 1 is 0.900 bits per heavy atom. The highest BCUT2D eigenvalue weighted by atomic mass is 16.4. The number of nitrogens with zero attached hydrogens (tertiary/aromatic N) is 2. The van der Waals surface area contributed by atoms with E-state index in [1.54, 1.807) is 42.5 Å². The molecule has 0 unspecified atom stereocenters. The average molecular weight is 556 g/mol. The molecule has 2 aromatic rings. The van der Waals surface area contributed by atoms with Gasteiger partial charge in [0.15, 0.2) is 5.96 Å². The van der Waals surface area contributed by atoms with Gasteiger partial charge < -0.3 is 42.9 Å². The van der Waals surface area contributed by atoms with Gasteiger partial charge in [-0.3, -0.25) is 24.2 Å². The zero-order valence-corrected chi connectivity index (χ0v) is 22.3. The summed E-state index contributed by atoms with van der Waals surface area (Å²) in [4.78, 5) is 55.5. The Labute approximate surface area is 232 Å². The predicted molar refractivity (Wildman–Crippen MR) is 149 cm³/mol. The van der Waals surface area contributed by atoms with Crippen LogP contribution in [0.1, 0.15) is 24.0 Å². The summed E-state index contributed by atoms with van der Waals surface area (Å²) < 4.78 is 0. The molecule has 0 aromatic heterocycles. The minimum absolute atomic E-state index is 0.0767. The van der Waals surface area contributed by atoms with Crippen LogP contribution in [-0.2, 0) is 32.0 Å². The first-order valence-electron chi connectivity index (χ1n) is 12.7. The van der Waals surface area contributed by atoms with Crippen molar-refractivity contribution in [2.75, 3.05) is 20.1 Å². The van der Waals surface area contributed by atoms with E-state index in [0.29, 0.717) is 12.0 Å². The first kappa shape index (κ1) is 31.6. The molecule has 13 nitrogen and oxygen atoms in total. The monoisotopic (exact) mass is 555 g/mol. The van der Waals surface area contributed by atoms with E-state index < -0.39 is 48.4 Å².